The van der Waals surface area contributed by atoms with E-state index in [9.17, 15) is 14.7 Å². The number of piperidine rings is 1. The number of hydrogen-bond acceptors (Lipinski definition) is 8. The van der Waals surface area contributed by atoms with E-state index in [-0.39, 0.29) is 24.5 Å². The van der Waals surface area contributed by atoms with Crippen LogP contribution in [-0.2, 0) is 28.5 Å². The Labute approximate surface area is 179 Å². The number of aliphatic hydroxyl groups is 1. The van der Waals surface area contributed by atoms with E-state index in [0.717, 1.165) is 25.9 Å². The van der Waals surface area contributed by atoms with Crippen LogP contribution in [0.3, 0.4) is 0 Å². The minimum absolute atomic E-state index is 0.00231. The smallest absolute Gasteiger partial charge is 0.246 e. The topological polar surface area (TPSA) is 119 Å². The van der Waals surface area contributed by atoms with E-state index in [1.54, 1.807) is 7.11 Å². The normalized spacial score (nSPS) is 16.4. The molecule has 0 bridgehead atoms. The molecule has 176 valence electrons. The SMILES string of the molecule is CCNC(=O)CCC(O)N1CCC(OCCOCC(=O)NCCOCCOC)CC1. The number of rotatable bonds is 17. The van der Waals surface area contributed by atoms with Gasteiger partial charge in [-0.2, -0.15) is 0 Å². The van der Waals surface area contributed by atoms with E-state index < -0.39 is 6.23 Å². The van der Waals surface area contributed by atoms with Gasteiger partial charge in [0.25, 0.3) is 0 Å². The molecular formula is C20H39N3O7. The van der Waals surface area contributed by atoms with E-state index >= 15 is 0 Å². The van der Waals surface area contributed by atoms with E-state index in [2.05, 4.69) is 10.6 Å². The molecule has 1 unspecified atom stereocenters. The van der Waals surface area contributed by atoms with E-state index in [0.29, 0.717) is 59.0 Å². The standard InChI is InChI=1S/C20H39N3O7/c1-3-21-18(24)4-5-20(26)23-9-6-17(7-10-23)30-15-14-29-16-19(25)22-8-11-28-13-12-27-2/h17,20,26H,3-16H2,1-2H3,(H,21,24)(H,22,25). The Morgan fingerprint density at radius 3 is 2.47 bits per heavy atom. The molecule has 2 amide bonds. The van der Waals surface area contributed by atoms with Gasteiger partial charge in [-0.25, -0.2) is 0 Å². The summed E-state index contributed by atoms with van der Waals surface area (Å²) in [6, 6.07) is 0. The highest BCUT2D eigenvalue weighted by Crippen LogP contribution is 2.17. The van der Waals surface area contributed by atoms with Gasteiger partial charge >= 0.3 is 0 Å². The van der Waals surface area contributed by atoms with E-state index in [1.807, 2.05) is 11.8 Å². The first-order valence-electron chi connectivity index (χ1n) is 10.8. The average molecular weight is 434 g/mol. The van der Waals surface area contributed by atoms with Gasteiger partial charge in [0.15, 0.2) is 0 Å². The number of nitrogens with zero attached hydrogens (tertiary/aromatic N) is 1. The molecule has 1 atom stereocenters. The van der Waals surface area contributed by atoms with Gasteiger partial charge in [0.2, 0.25) is 11.8 Å². The van der Waals surface area contributed by atoms with Crippen LogP contribution in [0, 0.1) is 0 Å². The molecule has 0 aliphatic carbocycles. The molecule has 1 saturated heterocycles. The van der Waals surface area contributed by atoms with Crippen LogP contribution in [-0.4, -0.2) is 107 Å². The van der Waals surface area contributed by atoms with Crippen molar-refractivity contribution in [3.8, 4) is 0 Å². The fourth-order valence-corrected chi connectivity index (χ4v) is 3.07. The van der Waals surface area contributed by atoms with Crippen molar-refractivity contribution in [2.75, 3.05) is 72.9 Å². The Balaban J connectivity index is 1.98. The highest BCUT2D eigenvalue weighted by atomic mass is 16.5. The number of amides is 2. The third kappa shape index (κ3) is 13.1. The lowest BCUT2D eigenvalue weighted by Gasteiger charge is -2.35. The Morgan fingerprint density at radius 2 is 1.77 bits per heavy atom. The summed E-state index contributed by atoms with van der Waals surface area (Å²) < 4.78 is 21.2. The number of methoxy groups -OCH3 is 1. The molecule has 1 heterocycles. The highest BCUT2D eigenvalue weighted by Gasteiger charge is 2.24. The van der Waals surface area contributed by atoms with Gasteiger partial charge in [0, 0.05) is 39.7 Å². The van der Waals surface area contributed by atoms with Crippen LogP contribution in [0.15, 0.2) is 0 Å². The first kappa shape index (κ1) is 26.7. The second-order valence-corrected chi connectivity index (χ2v) is 7.09. The number of carbonyl (C=O) groups excluding carboxylic acids is 2. The largest absolute Gasteiger partial charge is 0.382 e. The molecule has 0 saturated carbocycles. The van der Waals surface area contributed by atoms with Crippen LogP contribution in [0.4, 0.5) is 0 Å². The Kier molecular flexibility index (Phi) is 15.5. The zero-order chi connectivity index (χ0) is 22.0. The summed E-state index contributed by atoms with van der Waals surface area (Å²) in [6.45, 7) is 6.66. The molecule has 0 aromatic rings. The maximum atomic E-state index is 11.6. The first-order chi connectivity index (χ1) is 14.6. The van der Waals surface area contributed by atoms with Gasteiger partial charge in [0.1, 0.15) is 12.8 Å². The second kappa shape index (κ2) is 17.4. The zero-order valence-corrected chi connectivity index (χ0v) is 18.4. The van der Waals surface area contributed by atoms with E-state index in [1.165, 1.54) is 0 Å². The number of aliphatic hydroxyl groups excluding tert-OH is 1. The number of ether oxygens (including phenoxy) is 4. The monoisotopic (exact) mass is 433 g/mol. The van der Waals surface area contributed by atoms with Crippen molar-refractivity contribution in [2.45, 2.75) is 44.9 Å². The Bertz CT molecular complexity index is 460. The third-order valence-electron chi connectivity index (χ3n) is 4.72. The van der Waals surface area contributed by atoms with Crippen molar-refractivity contribution in [2.24, 2.45) is 0 Å². The van der Waals surface area contributed by atoms with Gasteiger partial charge < -0.3 is 34.7 Å². The molecule has 0 aromatic carbocycles. The fraction of sp³-hybridized carbons (Fsp3) is 0.900. The van der Waals surface area contributed by atoms with Gasteiger partial charge in [-0.1, -0.05) is 0 Å². The molecule has 1 aliphatic rings. The van der Waals surface area contributed by atoms with Crippen LogP contribution >= 0.6 is 0 Å². The zero-order valence-electron chi connectivity index (χ0n) is 18.4. The lowest BCUT2D eigenvalue weighted by molar-refractivity contribution is -0.127. The molecule has 1 rings (SSSR count). The molecule has 3 N–H and O–H groups in total. The molecule has 1 aliphatic heterocycles. The quantitative estimate of drug-likeness (QED) is 0.263. The minimum atomic E-state index is -0.597. The number of carbonyl (C=O) groups is 2. The molecular weight excluding hydrogens is 394 g/mol. The average Bonchev–Trinajstić information content (AvgIpc) is 2.75. The fourth-order valence-electron chi connectivity index (χ4n) is 3.07. The van der Waals surface area contributed by atoms with Crippen LogP contribution in [0.1, 0.15) is 32.6 Å². The summed E-state index contributed by atoms with van der Waals surface area (Å²) in [5, 5.41) is 15.7. The van der Waals surface area contributed by atoms with E-state index in [4.69, 9.17) is 18.9 Å². The molecule has 10 heteroatoms. The first-order valence-corrected chi connectivity index (χ1v) is 10.8. The lowest BCUT2D eigenvalue weighted by Crippen LogP contribution is -2.44. The lowest BCUT2D eigenvalue weighted by atomic mass is 10.1. The molecule has 1 fully saturated rings. The maximum Gasteiger partial charge on any atom is 0.246 e. The summed E-state index contributed by atoms with van der Waals surface area (Å²) in [5.74, 6) is -0.209. The van der Waals surface area contributed by atoms with Crippen molar-refractivity contribution >= 4 is 11.8 Å². The van der Waals surface area contributed by atoms with Crippen LogP contribution < -0.4 is 10.6 Å². The minimum Gasteiger partial charge on any atom is -0.382 e. The number of likely N-dealkylation sites (tertiary alicyclic amines) is 1. The van der Waals surface area contributed by atoms with Crippen molar-refractivity contribution in [3.63, 3.8) is 0 Å². The summed E-state index contributed by atoms with van der Waals surface area (Å²) in [6.07, 6.45) is 1.94. The maximum absolute atomic E-state index is 11.6. The summed E-state index contributed by atoms with van der Waals surface area (Å²) in [4.78, 5) is 25.1. The van der Waals surface area contributed by atoms with Gasteiger partial charge in [0.05, 0.1) is 39.1 Å². The van der Waals surface area contributed by atoms with Crippen LogP contribution in [0.2, 0.25) is 0 Å². The van der Waals surface area contributed by atoms with Crippen molar-refractivity contribution in [1.29, 1.82) is 0 Å². The molecule has 30 heavy (non-hydrogen) atoms. The predicted molar refractivity (Wildman–Crippen MR) is 111 cm³/mol. The van der Waals surface area contributed by atoms with Crippen LogP contribution in [0.25, 0.3) is 0 Å². The number of hydrogen-bond donors (Lipinski definition) is 3. The van der Waals surface area contributed by atoms with Crippen LogP contribution in [0.5, 0.6) is 0 Å². The molecule has 10 nitrogen and oxygen atoms in total. The molecule has 0 spiro atoms. The Hall–Kier alpha value is -1.30. The summed E-state index contributed by atoms with van der Waals surface area (Å²) in [5.41, 5.74) is 0. The molecule has 0 radical (unpaired) electrons. The van der Waals surface area contributed by atoms with Crippen molar-refractivity contribution < 1.29 is 33.6 Å². The Morgan fingerprint density at radius 1 is 1.03 bits per heavy atom. The number of nitrogens with one attached hydrogen (secondary N) is 2. The highest BCUT2D eigenvalue weighted by molar-refractivity contribution is 5.77. The van der Waals surface area contributed by atoms with Gasteiger partial charge in [-0.15, -0.1) is 0 Å². The van der Waals surface area contributed by atoms with Gasteiger partial charge in [-0.05, 0) is 26.2 Å². The second-order valence-electron chi connectivity index (χ2n) is 7.09. The van der Waals surface area contributed by atoms with Crippen molar-refractivity contribution in [1.82, 2.24) is 15.5 Å². The van der Waals surface area contributed by atoms with Gasteiger partial charge in [-0.3, -0.25) is 14.5 Å². The van der Waals surface area contributed by atoms with Crippen molar-refractivity contribution in [3.05, 3.63) is 0 Å². The third-order valence-corrected chi connectivity index (χ3v) is 4.72. The summed E-state index contributed by atoms with van der Waals surface area (Å²) >= 11 is 0. The summed E-state index contributed by atoms with van der Waals surface area (Å²) in [7, 11) is 1.61. The predicted octanol–water partition coefficient (Wildman–Crippen LogP) is -0.502. The molecule has 0 aromatic heterocycles.